The molecular formula is C19H20ClNO5. The van der Waals surface area contributed by atoms with Gasteiger partial charge in [-0.05, 0) is 55.8 Å². The molecule has 7 heteroatoms. The maximum absolute atomic E-state index is 10.7. The van der Waals surface area contributed by atoms with Crippen LogP contribution in [-0.4, -0.2) is 37.1 Å². The molecule has 26 heavy (non-hydrogen) atoms. The number of benzene rings is 2. The van der Waals surface area contributed by atoms with Crippen LogP contribution in [0, 0.1) is 0 Å². The molecule has 0 spiro atoms. The van der Waals surface area contributed by atoms with Crippen molar-refractivity contribution in [2.75, 3.05) is 19.8 Å². The second-order valence-corrected chi connectivity index (χ2v) is 5.54. The van der Waals surface area contributed by atoms with Crippen LogP contribution in [0.5, 0.6) is 17.2 Å². The summed E-state index contributed by atoms with van der Waals surface area (Å²) >= 11 is 6.21. The Bertz CT molecular complexity index is 774. The average Bonchev–Trinajstić information content (AvgIpc) is 2.61. The summed E-state index contributed by atoms with van der Waals surface area (Å²) < 4.78 is 16.1. The molecule has 0 saturated carbocycles. The van der Waals surface area contributed by atoms with Crippen molar-refractivity contribution in [3.05, 3.63) is 47.0 Å². The second-order valence-electron chi connectivity index (χ2n) is 5.13. The van der Waals surface area contributed by atoms with Gasteiger partial charge >= 0.3 is 5.97 Å². The van der Waals surface area contributed by atoms with Gasteiger partial charge in [-0.1, -0.05) is 11.6 Å². The second kappa shape index (κ2) is 9.68. The van der Waals surface area contributed by atoms with Crippen molar-refractivity contribution in [3.63, 3.8) is 0 Å². The zero-order chi connectivity index (χ0) is 18.9. The minimum atomic E-state index is -1.09. The molecule has 2 aromatic rings. The van der Waals surface area contributed by atoms with Crippen LogP contribution in [-0.2, 0) is 4.79 Å². The lowest BCUT2D eigenvalue weighted by atomic mass is 10.2. The number of halogens is 1. The van der Waals surface area contributed by atoms with Gasteiger partial charge in [0.2, 0.25) is 0 Å². The fourth-order valence-corrected chi connectivity index (χ4v) is 2.42. The smallest absolute Gasteiger partial charge is 0.341 e. The lowest BCUT2D eigenvalue weighted by molar-refractivity contribution is -0.139. The first-order valence-corrected chi connectivity index (χ1v) is 8.49. The van der Waals surface area contributed by atoms with Crippen LogP contribution in [0.2, 0.25) is 5.02 Å². The Labute approximate surface area is 157 Å². The Morgan fingerprint density at radius 1 is 1.12 bits per heavy atom. The summed E-state index contributed by atoms with van der Waals surface area (Å²) in [4.78, 5) is 15.1. The topological polar surface area (TPSA) is 77.4 Å². The van der Waals surface area contributed by atoms with Gasteiger partial charge in [0.05, 0.1) is 23.9 Å². The van der Waals surface area contributed by atoms with E-state index in [1.54, 1.807) is 18.3 Å². The Balaban J connectivity index is 2.21. The van der Waals surface area contributed by atoms with Crippen molar-refractivity contribution in [3.8, 4) is 17.2 Å². The first-order valence-electron chi connectivity index (χ1n) is 8.11. The monoisotopic (exact) mass is 377 g/mol. The quantitative estimate of drug-likeness (QED) is 0.657. The lowest BCUT2D eigenvalue weighted by Crippen LogP contribution is -2.11. The SMILES string of the molecule is CCOc1ccc(N=Cc2cc(Cl)c(OCC(=O)O)c(OCC)c2)cc1. The van der Waals surface area contributed by atoms with E-state index in [0.717, 1.165) is 11.4 Å². The molecule has 0 heterocycles. The number of ether oxygens (including phenoxy) is 3. The molecule has 0 saturated heterocycles. The Morgan fingerprint density at radius 2 is 1.81 bits per heavy atom. The highest BCUT2D eigenvalue weighted by Gasteiger charge is 2.13. The highest BCUT2D eigenvalue weighted by atomic mass is 35.5. The predicted molar refractivity (Wildman–Crippen MR) is 101 cm³/mol. The van der Waals surface area contributed by atoms with Crippen molar-refractivity contribution in [1.82, 2.24) is 0 Å². The molecule has 0 bridgehead atoms. The first-order chi connectivity index (χ1) is 12.5. The maximum Gasteiger partial charge on any atom is 0.341 e. The van der Waals surface area contributed by atoms with E-state index < -0.39 is 12.6 Å². The van der Waals surface area contributed by atoms with Gasteiger partial charge in [-0.15, -0.1) is 0 Å². The van der Waals surface area contributed by atoms with E-state index >= 15 is 0 Å². The van der Waals surface area contributed by atoms with Crippen molar-refractivity contribution in [2.24, 2.45) is 4.99 Å². The largest absolute Gasteiger partial charge is 0.494 e. The molecular weight excluding hydrogens is 358 g/mol. The molecule has 2 aromatic carbocycles. The maximum atomic E-state index is 10.7. The molecule has 0 aliphatic carbocycles. The minimum Gasteiger partial charge on any atom is -0.494 e. The van der Waals surface area contributed by atoms with Crippen LogP contribution >= 0.6 is 11.6 Å². The predicted octanol–water partition coefficient (Wildman–Crippen LogP) is 4.35. The summed E-state index contributed by atoms with van der Waals surface area (Å²) in [5, 5.41) is 9.02. The molecule has 0 aliphatic heterocycles. The lowest BCUT2D eigenvalue weighted by Gasteiger charge is -2.13. The Kier molecular flexibility index (Phi) is 7.29. The van der Waals surface area contributed by atoms with Crippen molar-refractivity contribution >= 4 is 29.5 Å². The van der Waals surface area contributed by atoms with E-state index in [2.05, 4.69) is 4.99 Å². The van der Waals surface area contributed by atoms with Crippen LogP contribution in [0.1, 0.15) is 19.4 Å². The van der Waals surface area contributed by atoms with Crippen LogP contribution in [0.25, 0.3) is 0 Å². The van der Waals surface area contributed by atoms with Gasteiger partial charge in [0.15, 0.2) is 18.1 Å². The molecule has 6 nitrogen and oxygen atoms in total. The Morgan fingerprint density at radius 3 is 2.42 bits per heavy atom. The summed E-state index contributed by atoms with van der Waals surface area (Å²) in [6.07, 6.45) is 1.64. The minimum absolute atomic E-state index is 0.203. The van der Waals surface area contributed by atoms with Crippen LogP contribution < -0.4 is 14.2 Å². The van der Waals surface area contributed by atoms with Crippen molar-refractivity contribution < 1.29 is 24.1 Å². The number of aliphatic carboxylic acids is 1. The van der Waals surface area contributed by atoms with Gasteiger partial charge in [0.1, 0.15) is 5.75 Å². The number of carboxylic acids is 1. The van der Waals surface area contributed by atoms with Gasteiger partial charge in [0, 0.05) is 6.21 Å². The van der Waals surface area contributed by atoms with Gasteiger partial charge in [-0.3, -0.25) is 4.99 Å². The van der Waals surface area contributed by atoms with Crippen molar-refractivity contribution in [2.45, 2.75) is 13.8 Å². The van der Waals surface area contributed by atoms with E-state index in [9.17, 15) is 4.79 Å². The van der Waals surface area contributed by atoms with Gasteiger partial charge in [-0.25, -0.2) is 4.79 Å². The number of carbonyl (C=O) groups is 1. The third-order valence-corrected chi connectivity index (χ3v) is 3.46. The van der Waals surface area contributed by atoms with Crippen molar-refractivity contribution in [1.29, 1.82) is 0 Å². The molecule has 0 fully saturated rings. The molecule has 0 radical (unpaired) electrons. The molecule has 2 rings (SSSR count). The van der Waals surface area contributed by atoms with Crippen LogP contribution in [0.4, 0.5) is 5.69 Å². The highest BCUT2D eigenvalue weighted by Crippen LogP contribution is 2.36. The molecule has 0 aromatic heterocycles. The number of aliphatic imine (C=N–C) groups is 1. The molecule has 0 aliphatic rings. The number of hydrogen-bond acceptors (Lipinski definition) is 5. The summed E-state index contributed by atoms with van der Waals surface area (Å²) in [7, 11) is 0. The summed E-state index contributed by atoms with van der Waals surface area (Å²) in [6.45, 7) is 4.24. The number of carboxylic acid groups (broad SMARTS) is 1. The Hall–Kier alpha value is -2.73. The van der Waals surface area contributed by atoms with Gasteiger partial charge < -0.3 is 19.3 Å². The number of nitrogens with zero attached hydrogens (tertiary/aromatic N) is 1. The highest BCUT2D eigenvalue weighted by molar-refractivity contribution is 6.32. The molecule has 0 atom stereocenters. The zero-order valence-corrected chi connectivity index (χ0v) is 15.3. The molecule has 0 unspecified atom stereocenters. The molecule has 0 amide bonds. The summed E-state index contributed by atoms with van der Waals surface area (Å²) in [5.41, 5.74) is 1.46. The van der Waals surface area contributed by atoms with E-state index in [1.165, 1.54) is 0 Å². The molecule has 1 N–H and O–H groups in total. The standard InChI is InChI=1S/C19H20ClNO5/c1-3-24-15-7-5-14(6-8-15)21-11-13-9-16(20)19(26-12-18(22)23)17(10-13)25-4-2/h5-11H,3-4,12H2,1-2H3,(H,22,23). The summed E-state index contributed by atoms with van der Waals surface area (Å²) in [6, 6.07) is 10.7. The van der Waals surface area contributed by atoms with E-state index in [-0.39, 0.29) is 10.8 Å². The third-order valence-electron chi connectivity index (χ3n) is 3.18. The fourth-order valence-electron chi connectivity index (χ4n) is 2.14. The van der Waals surface area contributed by atoms with Gasteiger partial charge in [0.25, 0.3) is 0 Å². The van der Waals surface area contributed by atoms with E-state index in [1.807, 2.05) is 38.1 Å². The van der Waals surface area contributed by atoms with Gasteiger partial charge in [-0.2, -0.15) is 0 Å². The normalized spacial score (nSPS) is 10.7. The molecule has 138 valence electrons. The first kappa shape index (κ1) is 19.6. The number of rotatable bonds is 9. The average molecular weight is 378 g/mol. The van der Waals surface area contributed by atoms with Crippen LogP contribution in [0.3, 0.4) is 0 Å². The summed E-state index contributed by atoms with van der Waals surface area (Å²) in [5.74, 6) is 0.265. The van der Waals surface area contributed by atoms with Crippen LogP contribution in [0.15, 0.2) is 41.4 Å². The zero-order valence-electron chi connectivity index (χ0n) is 14.6. The third kappa shape index (κ3) is 5.67. The van der Waals surface area contributed by atoms with E-state index in [0.29, 0.717) is 24.5 Å². The number of hydrogen-bond donors (Lipinski definition) is 1. The van der Waals surface area contributed by atoms with E-state index in [4.69, 9.17) is 30.9 Å². The fraction of sp³-hybridized carbons (Fsp3) is 0.263.